The smallest absolute Gasteiger partial charge is 0.298 e. The van der Waals surface area contributed by atoms with Crippen molar-refractivity contribution in [1.82, 2.24) is 0 Å². The molecule has 0 spiro atoms. The van der Waals surface area contributed by atoms with E-state index < -0.39 is 23.2 Å². The fraction of sp³-hybridized carbons (Fsp3) is 0.381. The van der Waals surface area contributed by atoms with Gasteiger partial charge in [0.2, 0.25) is 0 Å². The number of ketones is 1. The van der Waals surface area contributed by atoms with Gasteiger partial charge in [-0.1, -0.05) is 35.9 Å². The molecule has 172 valence electrons. The SMILES string of the molecule is C=C/C(=C\C=C(/C)OCC(=O)COC)C(F)(F)c1cc(Cl)c(OC[C@H](O)CCl)c(Cl)c1. The van der Waals surface area contributed by atoms with Crippen LogP contribution in [-0.4, -0.2) is 49.8 Å². The highest BCUT2D eigenvalue weighted by Gasteiger charge is 2.36. The van der Waals surface area contributed by atoms with Crippen LogP contribution in [0.25, 0.3) is 0 Å². The Labute approximate surface area is 194 Å². The van der Waals surface area contributed by atoms with E-state index in [1.54, 1.807) is 0 Å². The Morgan fingerprint density at radius 3 is 2.39 bits per heavy atom. The van der Waals surface area contributed by atoms with Crippen molar-refractivity contribution < 1.29 is 32.9 Å². The average molecular weight is 500 g/mol. The maximum Gasteiger partial charge on any atom is 0.298 e. The van der Waals surface area contributed by atoms with Crippen molar-refractivity contribution in [3.8, 4) is 5.75 Å². The van der Waals surface area contributed by atoms with Gasteiger partial charge in [0.25, 0.3) is 5.92 Å². The Hall–Kier alpha value is -1.64. The molecule has 0 bridgehead atoms. The van der Waals surface area contributed by atoms with Gasteiger partial charge in [0.1, 0.15) is 25.9 Å². The number of benzene rings is 1. The number of carbonyl (C=O) groups is 1. The summed E-state index contributed by atoms with van der Waals surface area (Å²) in [5, 5.41) is 9.16. The third kappa shape index (κ3) is 8.43. The highest BCUT2D eigenvalue weighted by Crippen LogP contribution is 2.43. The van der Waals surface area contributed by atoms with Crippen LogP contribution >= 0.6 is 34.8 Å². The first-order chi connectivity index (χ1) is 14.6. The van der Waals surface area contributed by atoms with E-state index in [0.717, 1.165) is 24.3 Å². The Bertz CT molecular complexity index is 817. The predicted octanol–water partition coefficient (Wildman–Crippen LogP) is 5.31. The minimum absolute atomic E-state index is 0.0407. The topological polar surface area (TPSA) is 65.0 Å². The molecule has 0 aromatic heterocycles. The van der Waals surface area contributed by atoms with Crippen molar-refractivity contribution in [2.45, 2.75) is 19.0 Å². The number of halogens is 5. The van der Waals surface area contributed by atoms with Gasteiger partial charge < -0.3 is 19.3 Å². The lowest BCUT2D eigenvalue weighted by molar-refractivity contribution is -0.125. The lowest BCUT2D eigenvalue weighted by Crippen LogP contribution is -2.19. The zero-order chi connectivity index (χ0) is 23.6. The minimum atomic E-state index is -3.49. The van der Waals surface area contributed by atoms with E-state index in [-0.39, 0.29) is 53.0 Å². The lowest BCUT2D eigenvalue weighted by atomic mass is 9.99. The highest BCUT2D eigenvalue weighted by atomic mass is 35.5. The van der Waals surface area contributed by atoms with Gasteiger partial charge in [0.15, 0.2) is 11.5 Å². The fourth-order valence-electron chi connectivity index (χ4n) is 2.22. The fourth-order valence-corrected chi connectivity index (χ4v) is 2.91. The van der Waals surface area contributed by atoms with Crippen LogP contribution in [0, 0.1) is 0 Å². The van der Waals surface area contributed by atoms with E-state index in [0.29, 0.717) is 0 Å². The van der Waals surface area contributed by atoms with Crippen LogP contribution in [0.15, 0.2) is 48.3 Å². The summed E-state index contributed by atoms with van der Waals surface area (Å²) in [4.78, 5) is 11.4. The number of allylic oxidation sites excluding steroid dienone is 5. The molecule has 1 N–H and O–H groups in total. The predicted molar refractivity (Wildman–Crippen MR) is 117 cm³/mol. The van der Waals surface area contributed by atoms with E-state index >= 15 is 8.78 Å². The number of aliphatic hydroxyl groups is 1. The third-order valence-corrected chi connectivity index (χ3v) is 4.72. The molecule has 0 amide bonds. The second kappa shape index (κ2) is 13.0. The summed E-state index contributed by atoms with van der Waals surface area (Å²) in [5.74, 6) is -3.65. The molecule has 0 radical (unpaired) electrons. The lowest BCUT2D eigenvalue weighted by Gasteiger charge is -2.20. The number of alkyl halides is 3. The summed E-state index contributed by atoms with van der Waals surface area (Å²) in [7, 11) is 1.38. The van der Waals surface area contributed by atoms with Gasteiger partial charge in [0.05, 0.1) is 21.7 Å². The number of hydrogen-bond acceptors (Lipinski definition) is 5. The van der Waals surface area contributed by atoms with E-state index in [4.69, 9.17) is 44.3 Å². The number of methoxy groups -OCH3 is 1. The molecule has 0 aliphatic rings. The molecule has 5 nitrogen and oxygen atoms in total. The molecule has 1 atom stereocenters. The summed E-state index contributed by atoms with van der Waals surface area (Å²) in [5.41, 5.74) is -0.932. The number of Topliss-reactive ketones (excluding diaryl/α,β-unsaturated/α-hetero) is 1. The number of ether oxygens (including phenoxy) is 3. The average Bonchev–Trinajstić information content (AvgIpc) is 2.71. The van der Waals surface area contributed by atoms with Crippen LogP contribution in [0.1, 0.15) is 12.5 Å². The number of hydrogen-bond donors (Lipinski definition) is 1. The second-order valence-electron chi connectivity index (χ2n) is 6.33. The van der Waals surface area contributed by atoms with Crippen molar-refractivity contribution in [1.29, 1.82) is 0 Å². The molecule has 0 saturated carbocycles. The van der Waals surface area contributed by atoms with Gasteiger partial charge in [0, 0.05) is 18.2 Å². The zero-order valence-corrected chi connectivity index (χ0v) is 19.2. The molecule has 0 heterocycles. The number of carbonyl (C=O) groups excluding carboxylic acids is 1. The molecule has 1 aromatic rings. The highest BCUT2D eigenvalue weighted by molar-refractivity contribution is 6.37. The van der Waals surface area contributed by atoms with Crippen LogP contribution in [0.2, 0.25) is 10.0 Å². The molecule has 0 aliphatic heterocycles. The van der Waals surface area contributed by atoms with Crippen molar-refractivity contribution >= 4 is 40.6 Å². The van der Waals surface area contributed by atoms with Gasteiger partial charge in [-0.3, -0.25) is 4.79 Å². The maximum absolute atomic E-state index is 15.1. The Morgan fingerprint density at radius 1 is 1.26 bits per heavy atom. The van der Waals surface area contributed by atoms with Gasteiger partial charge in [-0.15, -0.1) is 11.6 Å². The van der Waals surface area contributed by atoms with Crippen LogP contribution in [0.5, 0.6) is 5.75 Å². The number of aliphatic hydroxyl groups excluding tert-OH is 1. The maximum atomic E-state index is 15.1. The minimum Gasteiger partial charge on any atom is -0.490 e. The first kappa shape index (κ1) is 27.4. The molecule has 31 heavy (non-hydrogen) atoms. The van der Waals surface area contributed by atoms with Crippen molar-refractivity contribution in [3.05, 3.63) is 63.9 Å². The van der Waals surface area contributed by atoms with Crippen LogP contribution in [-0.2, 0) is 20.2 Å². The van der Waals surface area contributed by atoms with Crippen LogP contribution in [0.3, 0.4) is 0 Å². The van der Waals surface area contributed by atoms with Crippen LogP contribution in [0.4, 0.5) is 8.78 Å². The summed E-state index contributed by atoms with van der Waals surface area (Å²) >= 11 is 17.6. The molecular weight excluding hydrogens is 477 g/mol. The standard InChI is InChI=1S/C21H23Cl3F2O5/c1-4-14(6-5-13(2)30-12-17(28)10-29-3)21(25,26)15-7-18(23)20(19(24)8-15)31-11-16(27)9-22/h4-8,16,27H,1,9-12H2,2-3H3/b13-5+,14-6+/t16-/m1/s1. The Balaban J connectivity index is 3.07. The molecule has 1 rings (SSSR count). The van der Waals surface area contributed by atoms with Crippen LogP contribution < -0.4 is 4.74 Å². The van der Waals surface area contributed by atoms with E-state index in [2.05, 4.69) is 11.3 Å². The quantitative estimate of drug-likeness (QED) is 0.226. The van der Waals surface area contributed by atoms with Gasteiger partial charge in [-0.2, -0.15) is 8.78 Å². The molecule has 0 saturated heterocycles. The molecule has 0 aliphatic carbocycles. The monoisotopic (exact) mass is 498 g/mol. The summed E-state index contributed by atoms with van der Waals surface area (Å²) < 4.78 is 45.3. The first-order valence-electron chi connectivity index (χ1n) is 8.95. The molecule has 0 fully saturated rings. The third-order valence-electron chi connectivity index (χ3n) is 3.81. The first-order valence-corrected chi connectivity index (χ1v) is 10.2. The normalized spacial score (nSPS) is 13.7. The van der Waals surface area contributed by atoms with Crippen molar-refractivity contribution in [2.24, 2.45) is 0 Å². The summed E-state index contributed by atoms with van der Waals surface area (Å²) in [6.45, 7) is 4.40. The van der Waals surface area contributed by atoms with E-state index in [1.165, 1.54) is 20.1 Å². The number of rotatable bonds is 13. The van der Waals surface area contributed by atoms with E-state index in [9.17, 15) is 9.90 Å². The van der Waals surface area contributed by atoms with Crippen molar-refractivity contribution in [2.75, 3.05) is 32.8 Å². The Morgan fingerprint density at radius 2 is 1.87 bits per heavy atom. The zero-order valence-electron chi connectivity index (χ0n) is 17.0. The summed E-state index contributed by atoms with van der Waals surface area (Å²) in [6.07, 6.45) is 2.43. The van der Waals surface area contributed by atoms with E-state index in [1.807, 2.05) is 0 Å². The van der Waals surface area contributed by atoms with Crippen molar-refractivity contribution in [3.63, 3.8) is 0 Å². The van der Waals surface area contributed by atoms with Gasteiger partial charge in [-0.05, 0) is 31.2 Å². The molecule has 1 aromatic carbocycles. The molecular formula is C21H23Cl3F2O5. The molecule has 10 heteroatoms. The van der Waals surface area contributed by atoms with Gasteiger partial charge >= 0.3 is 0 Å². The second-order valence-corrected chi connectivity index (χ2v) is 7.45. The largest absolute Gasteiger partial charge is 0.490 e. The Kier molecular flexibility index (Phi) is 11.5. The molecule has 0 unspecified atom stereocenters. The van der Waals surface area contributed by atoms with Gasteiger partial charge in [-0.25, -0.2) is 0 Å². The summed E-state index contributed by atoms with van der Waals surface area (Å²) in [6, 6.07) is 2.04.